The van der Waals surface area contributed by atoms with Crippen molar-refractivity contribution in [3.63, 3.8) is 0 Å². The number of rotatable bonds is 6. The summed E-state index contributed by atoms with van der Waals surface area (Å²) in [4.78, 5) is 12.5. The first-order valence-corrected chi connectivity index (χ1v) is 8.83. The minimum absolute atomic E-state index is 0. The van der Waals surface area contributed by atoms with Crippen LogP contribution in [0.2, 0.25) is 0 Å². The number of hydrogen-bond acceptors (Lipinski definition) is 2. The molecule has 134 valence electrons. The van der Waals surface area contributed by atoms with Crippen molar-refractivity contribution in [2.24, 2.45) is 5.73 Å². The fourth-order valence-corrected chi connectivity index (χ4v) is 3.56. The third kappa shape index (κ3) is 5.07. The Morgan fingerprint density at radius 1 is 1.00 bits per heavy atom. The van der Waals surface area contributed by atoms with E-state index in [1.54, 1.807) is 0 Å². The molecule has 1 atom stereocenters. The van der Waals surface area contributed by atoms with Crippen LogP contribution in [0.25, 0.3) is 0 Å². The van der Waals surface area contributed by atoms with Crippen molar-refractivity contribution in [2.45, 2.75) is 43.6 Å². The maximum Gasteiger partial charge on any atom is 0.240 e. The zero-order chi connectivity index (χ0) is 16.8. The van der Waals surface area contributed by atoms with Gasteiger partial charge in [0, 0.05) is 12.5 Å². The summed E-state index contributed by atoms with van der Waals surface area (Å²) >= 11 is 0. The van der Waals surface area contributed by atoms with Gasteiger partial charge < -0.3 is 11.1 Å². The molecule has 1 aliphatic carbocycles. The Bertz CT molecular complexity index is 654. The molecule has 0 heterocycles. The molecule has 3 N–H and O–H groups in total. The second-order valence-corrected chi connectivity index (χ2v) is 6.87. The Morgan fingerprint density at radius 3 is 2.16 bits per heavy atom. The maximum atomic E-state index is 12.5. The Hall–Kier alpha value is -1.84. The van der Waals surface area contributed by atoms with Gasteiger partial charge in [0.25, 0.3) is 0 Å². The second kappa shape index (κ2) is 9.02. The van der Waals surface area contributed by atoms with Crippen LogP contribution in [0.4, 0.5) is 0 Å². The average molecular weight is 359 g/mol. The largest absolute Gasteiger partial charge is 0.354 e. The van der Waals surface area contributed by atoms with E-state index in [9.17, 15) is 4.79 Å². The lowest BCUT2D eigenvalue weighted by atomic mass is 9.91. The molecule has 1 aliphatic rings. The normalized spacial score (nSPS) is 16.7. The van der Waals surface area contributed by atoms with Gasteiger partial charge >= 0.3 is 0 Å². The van der Waals surface area contributed by atoms with Crippen molar-refractivity contribution in [1.29, 1.82) is 0 Å². The van der Waals surface area contributed by atoms with Crippen LogP contribution in [0, 0.1) is 0 Å². The predicted molar refractivity (Wildman–Crippen MR) is 105 cm³/mol. The molecule has 0 spiro atoms. The number of halogens is 1. The van der Waals surface area contributed by atoms with Gasteiger partial charge in [-0.15, -0.1) is 12.4 Å². The van der Waals surface area contributed by atoms with Gasteiger partial charge in [0.1, 0.15) is 0 Å². The molecule has 1 fully saturated rings. The molecule has 2 aromatic rings. The molecular weight excluding hydrogens is 332 g/mol. The fraction of sp³-hybridized carbons (Fsp3) is 0.381. The van der Waals surface area contributed by atoms with Crippen molar-refractivity contribution in [2.75, 3.05) is 6.54 Å². The highest BCUT2D eigenvalue weighted by Crippen LogP contribution is 2.27. The van der Waals surface area contributed by atoms with Crippen LogP contribution in [0.15, 0.2) is 60.7 Å². The zero-order valence-corrected chi connectivity index (χ0v) is 15.3. The fourth-order valence-electron chi connectivity index (χ4n) is 3.56. The topological polar surface area (TPSA) is 55.1 Å². The summed E-state index contributed by atoms with van der Waals surface area (Å²) in [5.41, 5.74) is 8.14. The van der Waals surface area contributed by atoms with Crippen LogP contribution in [0.3, 0.4) is 0 Å². The first kappa shape index (κ1) is 19.5. The molecule has 3 rings (SSSR count). The summed E-state index contributed by atoms with van der Waals surface area (Å²) in [7, 11) is 0. The van der Waals surface area contributed by atoms with Gasteiger partial charge in [0.15, 0.2) is 0 Å². The summed E-state index contributed by atoms with van der Waals surface area (Å²) in [6.45, 7) is 0.622. The van der Waals surface area contributed by atoms with Crippen LogP contribution in [0.1, 0.15) is 42.7 Å². The third-order valence-corrected chi connectivity index (χ3v) is 5.05. The standard InChI is InChI=1S/C21H26N2O.ClH/c22-21(13-7-8-14-21)20(24)23-16-19(18-11-5-2-6-12-18)15-17-9-3-1-4-10-17;/h1-6,9-12,19H,7-8,13-16,22H2,(H,23,24);1H. The monoisotopic (exact) mass is 358 g/mol. The lowest BCUT2D eigenvalue weighted by Crippen LogP contribution is -2.52. The predicted octanol–water partition coefficient (Wildman–Crippen LogP) is 3.82. The van der Waals surface area contributed by atoms with Crippen LogP contribution in [-0.4, -0.2) is 18.0 Å². The smallest absolute Gasteiger partial charge is 0.240 e. The quantitative estimate of drug-likeness (QED) is 0.824. The van der Waals surface area contributed by atoms with Gasteiger partial charge in [-0.25, -0.2) is 0 Å². The van der Waals surface area contributed by atoms with E-state index in [2.05, 4.69) is 53.8 Å². The Labute approximate surface area is 156 Å². The van der Waals surface area contributed by atoms with Gasteiger partial charge in [-0.1, -0.05) is 73.5 Å². The summed E-state index contributed by atoms with van der Waals surface area (Å²) in [6, 6.07) is 20.8. The molecule has 0 saturated heterocycles. The molecule has 3 nitrogen and oxygen atoms in total. The van der Waals surface area contributed by atoms with Crippen LogP contribution < -0.4 is 11.1 Å². The zero-order valence-electron chi connectivity index (χ0n) is 14.5. The number of hydrogen-bond donors (Lipinski definition) is 2. The molecule has 2 aromatic carbocycles. The Balaban J connectivity index is 0.00000225. The van der Waals surface area contributed by atoms with E-state index in [1.807, 2.05) is 12.1 Å². The SMILES string of the molecule is Cl.NC1(C(=O)NCC(Cc2ccccc2)c2ccccc2)CCCC1. The highest BCUT2D eigenvalue weighted by Gasteiger charge is 2.37. The first-order chi connectivity index (χ1) is 11.7. The number of carbonyl (C=O) groups excluding carboxylic acids is 1. The minimum atomic E-state index is -0.659. The van der Waals surface area contributed by atoms with E-state index in [0.29, 0.717) is 6.54 Å². The van der Waals surface area contributed by atoms with Gasteiger partial charge in [0.2, 0.25) is 5.91 Å². The highest BCUT2D eigenvalue weighted by atomic mass is 35.5. The minimum Gasteiger partial charge on any atom is -0.354 e. The van der Waals surface area contributed by atoms with E-state index < -0.39 is 5.54 Å². The summed E-state index contributed by atoms with van der Waals surface area (Å²) in [5, 5.41) is 3.12. The van der Waals surface area contributed by atoms with E-state index in [-0.39, 0.29) is 24.2 Å². The van der Waals surface area contributed by atoms with E-state index in [1.165, 1.54) is 11.1 Å². The van der Waals surface area contributed by atoms with Gasteiger partial charge in [-0.3, -0.25) is 4.79 Å². The first-order valence-electron chi connectivity index (χ1n) is 8.83. The molecule has 0 radical (unpaired) electrons. The van der Waals surface area contributed by atoms with Crippen LogP contribution >= 0.6 is 12.4 Å². The lowest BCUT2D eigenvalue weighted by molar-refractivity contribution is -0.126. The van der Waals surface area contributed by atoms with Crippen molar-refractivity contribution in [3.05, 3.63) is 71.8 Å². The second-order valence-electron chi connectivity index (χ2n) is 6.87. The number of amides is 1. The van der Waals surface area contributed by atoms with E-state index >= 15 is 0 Å². The van der Waals surface area contributed by atoms with Crippen LogP contribution in [0.5, 0.6) is 0 Å². The average Bonchev–Trinajstić information content (AvgIpc) is 3.08. The number of nitrogens with two attached hydrogens (primary N) is 1. The van der Waals surface area contributed by atoms with Gasteiger partial charge in [-0.05, 0) is 30.4 Å². The number of benzene rings is 2. The van der Waals surface area contributed by atoms with E-state index in [4.69, 9.17) is 5.73 Å². The molecule has 0 aliphatic heterocycles. The molecule has 25 heavy (non-hydrogen) atoms. The van der Waals surface area contributed by atoms with Gasteiger partial charge in [0.05, 0.1) is 5.54 Å². The Kier molecular flexibility index (Phi) is 7.03. The van der Waals surface area contributed by atoms with Gasteiger partial charge in [-0.2, -0.15) is 0 Å². The van der Waals surface area contributed by atoms with Crippen LogP contribution in [-0.2, 0) is 11.2 Å². The molecule has 1 saturated carbocycles. The number of carbonyl (C=O) groups is 1. The molecular formula is C21H27ClN2O. The third-order valence-electron chi connectivity index (χ3n) is 5.05. The van der Waals surface area contributed by atoms with E-state index in [0.717, 1.165) is 32.1 Å². The molecule has 1 amide bonds. The Morgan fingerprint density at radius 2 is 1.56 bits per heavy atom. The van der Waals surface area contributed by atoms with Crippen molar-refractivity contribution >= 4 is 18.3 Å². The maximum absolute atomic E-state index is 12.5. The summed E-state index contributed by atoms with van der Waals surface area (Å²) in [5.74, 6) is 0.261. The molecule has 1 unspecified atom stereocenters. The van der Waals surface area contributed by atoms with Crippen molar-refractivity contribution in [1.82, 2.24) is 5.32 Å². The molecule has 0 bridgehead atoms. The highest BCUT2D eigenvalue weighted by molar-refractivity contribution is 5.86. The van der Waals surface area contributed by atoms with Crippen molar-refractivity contribution in [3.8, 4) is 0 Å². The summed E-state index contributed by atoms with van der Waals surface area (Å²) < 4.78 is 0. The lowest BCUT2D eigenvalue weighted by Gasteiger charge is -2.25. The molecule has 0 aromatic heterocycles. The van der Waals surface area contributed by atoms with Crippen molar-refractivity contribution < 1.29 is 4.79 Å². The molecule has 4 heteroatoms. The summed E-state index contributed by atoms with van der Waals surface area (Å²) in [6.07, 6.45) is 4.61. The number of nitrogens with one attached hydrogen (secondary N) is 1.